The molecule has 0 saturated carbocycles. The van der Waals surface area contributed by atoms with Crippen molar-refractivity contribution >= 4 is 34.5 Å². The van der Waals surface area contributed by atoms with E-state index in [0.717, 1.165) is 29.4 Å². The molecule has 1 aromatic carbocycles. The van der Waals surface area contributed by atoms with Gasteiger partial charge in [0.15, 0.2) is 0 Å². The molecule has 1 amide bonds. The fraction of sp³-hybridized carbons (Fsp3) is 0.316. The number of carbonyl (C=O) groups excluding carboxylic acids is 1. The number of hydrogen-bond acceptors (Lipinski definition) is 6. The van der Waals surface area contributed by atoms with Crippen molar-refractivity contribution in [2.45, 2.75) is 12.8 Å². The van der Waals surface area contributed by atoms with Gasteiger partial charge in [0.05, 0.1) is 10.7 Å². The van der Waals surface area contributed by atoms with E-state index in [2.05, 4.69) is 15.0 Å². The number of halogens is 1. The molecule has 1 saturated heterocycles. The number of anilines is 1. The van der Waals surface area contributed by atoms with Crippen LogP contribution in [-0.4, -0.2) is 47.1 Å². The first-order valence-electron chi connectivity index (χ1n) is 8.83. The number of hydrogen-bond donors (Lipinski definition) is 0. The molecule has 0 atom stereocenters. The molecule has 1 aliphatic heterocycles. The Morgan fingerprint density at radius 1 is 1.19 bits per heavy atom. The van der Waals surface area contributed by atoms with Gasteiger partial charge in [0.1, 0.15) is 0 Å². The summed E-state index contributed by atoms with van der Waals surface area (Å²) in [7, 11) is 0. The van der Waals surface area contributed by atoms with Crippen LogP contribution in [-0.2, 0) is 11.2 Å². The van der Waals surface area contributed by atoms with E-state index in [1.165, 1.54) is 0 Å². The first-order valence-corrected chi connectivity index (χ1v) is 10.2. The molecule has 140 valence electrons. The lowest BCUT2D eigenvalue weighted by molar-refractivity contribution is -0.131. The number of aryl methyl sites for hydroxylation is 1. The average Bonchev–Trinajstić information content (AvgIpc) is 3.38. The molecule has 4 rings (SSSR count). The van der Waals surface area contributed by atoms with E-state index in [4.69, 9.17) is 16.1 Å². The Labute approximate surface area is 166 Å². The number of benzene rings is 1. The lowest BCUT2D eigenvalue weighted by atomic mass is 10.2. The van der Waals surface area contributed by atoms with Crippen LogP contribution in [0.3, 0.4) is 0 Å². The van der Waals surface area contributed by atoms with E-state index in [1.54, 1.807) is 11.3 Å². The number of aromatic nitrogens is 2. The Kier molecular flexibility index (Phi) is 5.40. The zero-order valence-electron chi connectivity index (χ0n) is 14.7. The minimum atomic E-state index is 0.115. The summed E-state index contributed by atoms with van der Waals surface area (Å²) in [6.07, 6.45) is 0.831. The van der Waals surface area contributed by atoms with Crippen molar-refractivity contribution in [1.29, 1.82) is 0 Å². The van der Waals surface area contributed by atoms with Gasteiger partial charge in [-0.25, -0.2) is 0 Å². The van der Waals surface area contributed by atoms with Crippen LogP contribution < -0.4 is 4.90 Å². The number of thiophene rings is 1. The molecular weight excluding hydrogens is 384 g/mol. The summed E-state index contributed by atoms with van der Waals surface area (Å²) in [5, 5.41) is 8.66. The van der Waals surface area contributed by atoms with Crippen LogP contribution in [0.1, 0.15) is 12.3 Å². The average molecular weight is 403 g/mol. The van der Waals surface area contributed by atoms with E-state index < -0.39 is 0 Å². The van der Waals surface area contributed by atoms with Gasteiger partial charge in [0.25, 0.3) is 0 Å². The summed E-state index contributed by atoms with van der Waals surface area (Å²) < 4.78 is 5.26. The molecule has 3 heterocycles. The molecule has 0 aliphatic carbocycles. The second-order valence-electron chi connectivity index (χ2n) is 6.34. The van der Waals surface area contributed by atoms with Gasteiger partial charge in [-0.2, -0.15) is 16.3 Å². The van der Waals surface area contributed by atoms with Gasteiger partial charge in [-0.1, -0.05) is 28.9 Å². The third-order valence-electron chi connectivity index (χ3n) is 4.63. The minimum Gasteiger partial charge on any atom is -0.367 e. The summed E-state index contributed by atoms with van der Waals surface area (Å²) in [5.74, 6) is 1.19. The van der Waals surface area contributed by atoms with Crippen LogP contribution >= 0.6 is 22.9 Å². The molecule has 1 aliphatic rings. The quantitative estimate of drug-likeness (QED) is 0.650. The molecular formula is C19H19ClN4O2S. The second kappa shape index (κ2) is 8.10. The first-order chi connectivity index (χ1) is 13.2. The molecule has 0 unspecified atom stereocenters. The molecule has 0 spiro atoms. The van der Waals surface area contributed by atoms with Crippen LogP contribution in [0.4, 0.5) is 5.69 Å². The van der Waals surface area contributed by atoms with Crippen molar-refractivity contribution in [3.63, 3.8) is 0 Å². The zero-order valence-corrected chi connectivity index (χ0v) is 16.2. The first kappa shape index (κ1) is 18.0. The smallest absolute Gasteiger partial charge is 0.227 e. The fourth-order valence-electron chi connectivity index (χ4n) is 3.14. The molecule has 0 bridgehead atoms. The SMILES string of the molecule is O=C(CCc1nc(-c2ccsc2)no1)N1CCN(c2ccccc2Cl)CC1. The molecule has 1 fully saturated rings. The molecule has 6 nitrogen and oxygen atoms in total. The predicted octanol–water partition coefficient (Wildman–Crippen LogP) is 3.73. The molecule has 3 aromatic rings. The Balaban J connectivity index is 1.28. The number of nitrogens with zero attached hydrogens (tertiary/aromatic N) is 4. The Hall–Kier alpha value is -2.38. The fourth-order valence-corrected chi connectivity index (χ4v) is 4.03. The Morgan fingerprint density at radius 2 is 2.00 bits per heavy atom. The van der Waals surface area contributed by atoms with Crippen molar-refractivity contribution < 1.29 is 9.32 Å². The second-order valence-corrected chi connectivity index (χ2v) is 7.53. The van der Waals surface area contributed by atoms with Crippen molar-refractivity contribution in [3.8, 4) is 11.4 Å². The van der Waals surface area contributed by atoms with E-state index >= 15 is 0 Å². The number of carbonyl (C=O) groups is 1. The van der Waals surface area contributed by atoms with Crippen molar-refractivity contribution in [1.82, 2.24) is 15.0 Å². The van der Waals surface area contributed by atoms with Crippen molar-refractivity contribution in [3.05, 3.63) is 52.0 Å². The van der Waals surface area contributed by atoms with Gasteiger partial charge < -0.3 is 14.3 Å². The normalized spacial score (nSPS) is 14.6. The lowest BCUT2D eigenvalue weighted by Gasteiger charge is -2.36. The number of rotatable bonds is 5. The van der Waals surface area contributed by atoms with Crippen LogP contribution in [0.15, 0.2) is 45.6 Å². The maximum atomic E-state index is 12.5. The topological polar surface area (TPSA) is 62.5 Å². The molecule has 2 aromatic heterocycles. The highest BCUT2D eigenvalue weighted by molar-refractivity contribution is 7.08. The monoisotopic (exact) mass is 402 g/mol. The number of piperazine rings is 1. The molecule has 8 heteroatoms. The number of amides is 1. The van der Waals surface area contributed by atoms with E-state index in [-0.39, 0.29) is 5.91 Å². The standard InChI is InChI=1S/C19H19ClN4O2S/c20-15-3-1-2-4-16(15)23-8-10-24(11-9-23)18(25)6-5-17-21-19(22-26-17)14-7-12-27-13-14/h1-4,7,12-13H,5-6,8-11H2. The van der Waals surface area contributed by atoms with E-state index in [0.29, 0.717) is 37.6 Å². The summed E-state index contributed by atoms with van der Waals surface area (Å²) in [6.45, 7) is 2.93. The highest BCUT2D eigenvalue weighted by atomic mass is 35.5. The van der Waals surface area contributed by atoms with Crippen LogP contribution in [0.25, 0.3) is 11.4 Å². The zero-order chi connectivity index (χ0) is 18.6. The van der Waals surface area contributed by atoms with Crippen LogP contribution in [0.5, 0.6) is 0 Å². The van der Waals surface area contributed by atoms with Gasteiger partial charge in [0.2, 0.25) is 17.6 Å². The van der Waals surface area contributed by atoms with Gasteiger partial charge >= 0.3 is 0 Å². The van der Waals surface area contributed by atoms with E-state index in [9.17, 15) is 4.79 Å². The molecule has 0 radical (unpaired) electrons. The van der Waals surface area contributed by atoms with Crippen LogP contribution in [0, 0.1) is 0 Å². The predicted molar refractivity (Wildman–Crippen MR) is 106 cm³/mol. The van der Waals surface area contributed by atoms with Gasteiger partial charge in [-0.15, -0.1) is 0 Å². The van der Waals surface area contributed by atoms with E-state index in [1.807, 2.05) is 46.0 Å². The Bertz CT molecular complexity index is 904. The summed E-state index contributed by atoms with van der Waals surface area (Å²) >= 11 is 7.85. The third-order valence-corrected chi connectivity index (χ3v) is 5.63. The number of para-hydroxylation sites is 1. The molecule has 0 N–H and O–H groups in total. The lowest BCUT2D eigenvalue weighted by Crippen LogP contribution is -2.48. The molecule has 27 heavy (non-hydrogen) atoms. The van der Waals surface area contributed by atoms with Gasteiger partial charge in [-0.05, 0) is 23.6 Å². The van der Waals surface area contributed by atoms with Crippen molar-refractivity contribution in [2.24, 2.45) is 0 Å². The van der Waals surface area contributed by atoms with Crippen LogP contribution in [0.2, 0.25) is 5.02 Å². The summed E-state index contributed by atoms with van der Waals surface area (Å²) in [5.41, 5.74) is 1.97. The summed E-state index contributed by atoms with van der Waals surface area (Å²) in [6, 6.07) is 9.76. The third kappa shape index (κ3) is 4.14. The summed E-state index contributed by atoms with van der Waals surface area (Å²) in [4.78, 5) is 21.0. The highest BCUT2D eigenvalue weighted by Gasteiger charge is 2.22. The largest absolute Gasteiger partial charge is 0.367 e. The maximum Gasteiger partial charge on any atom is 0.227 e. The minimum absolute atomic E-state index is 0.115. The Morgan fingerprint density at radius 3 is 2.74 bits per heavy atom. The van der Waals surface area contributed by atoms with Gasteiger partial charge in [-0.3, -0.25) is 4.79 Å². The highest BCUT2D eigenvalue weighted by Crippen LogP contribution is 2.26. The maximum absolute atomic E-state index is 12.5. The van der Waals surface area contributed by atoms with Gasteiger partial charge in [0, 0.05) is 50.0 Å². The van der Waals surface area contributed by atoms with Crippen molar-refractivity contribution in [2.75, 3.05) is 31.1 Å².